The second-order valence-electron chi connectivity index (χ2n) is 11.6. The standard InChI is InChI=1S/C30H36N4O4.2C2H4O2/c35-25(13-19-33-15-3-1-4-16-33)31-23-11-7-9-21-27(23)30(38)28-22(29(21)37)10-8-12-24(28)32-26(36)14-20-34-17-5-2-6-18-34;2*1-2(3)4/h7-12H,1-6,13-20H2,(H,31,35)(H,32,36);2*1H3,(H,3,4). The SMILES string of the molecule is CC(=O)O.CC(=O)O.O=C(CCN1CCCCC1)Nc1cccc2c1C(=O)c1c(NC(=O)CCN3CCCCC3)cccc1C2=O. The summed E-state index contributed by atoms with van der Waals surface area (Å²) in [7, 11) is 0. The van der Waals surface area contributed by atoms with Crippen LogP contribution in [0.3, 0.4) is 0 Å². The molecule has 3 aliphatic rings. The minimum Gasteiger partial charge on any atom is -0.481 e. The van der Waals surface area contributed by atoms with Gasteiger partial charge < -0.3 is 30.6 Å². The Kier molecular flexibility index (Phi) is 14.0. The highest BCUT2D eigenvalue weighted by molar-refractivity contribution is 6.32. The van der Waals surface area contributed by atoms with Gasteiger partial charge in [-0.2, -0.15) is 0 Å². The van der Waals surface area contributed by atoms with E-state index in [4.69, 9.17) is 19.8 Å². The third-order valence-electron chi connectivity index (χ3n) is 7.83. The highest BCUT2D eigenvalue weighted by Gasteiger charge is 2.34. The molecule has 0 atom stereocenters. The Morgan fingerprint density at radius 2 is 0.957 bits per heavy atom. The summed E-state index contributed by atoms with van der Waals surface area (Å²) >= 11 is 0. The number of rotatable bonds is 8. The number of piperidine rings is 2. The lowest BCUT2D eigenvalue weighted by atomic mass is 9.82. The summed E-state index contributed by atoms with van der Waals surface area (Å²) in [6.07, 6.45) is 7.72. The van der Waals surface area contributed by atoms with Crippen molar-refractivity contribution >= 4 is 46.7 Å². The van der Waals surface area contributed by atoms with E-state index in [2.05, 4.69) is 20.4 Å². The van der Waals surface area contributed by atoms with Gasteiger partial charge in [0, 0.05) is 50.9 Å². The predicted octanol–water partition coefficient (Wildman–Crippen LogP) is 4.27. The van der Waals surface area contributed by atoms with Gasteiger partial charge in [-0.15, -0.1) is 0 Å². The van der Waals surface area contributed by atoms with Crippen LogP contribution in [0.15, 0.2) is 36.4 Å². The zero-order valence-corrected chi connectivity index (χ0v) is 26.6. The number of anilines is 2. The van der Waals surface area contributed by atoms with Gasteiger partial charge in [0.1, 0.15) is 0 Å². The second kappa shape index (κ2) is 17.9. The smallest absolute Gasteiger partial charge is 0.300 e. The molecule has 0 saturated carbocycles. The number of fused-ring (bicyclic) bond motifs is 2. The molecular formula is C34H44N4O8. The van der Waals surface area contributed by atoms with Crippen molar-refractivity contribution in [3.63, 3.8) is 0 Å². The van der Waals surface area contributed by atoms with Crippen LogP contribution >= 0.6 is 0 Å². The Labute approximate surface area is 269 Å². The molecule has 2 heterocycles. The third-order valence-corrected chi connectivity index (χ3v) is 7.83. The second-order valence-corrected chi connectivity index (χ2v) is 11.6. The fourth-order valence-electron chi connectivity index (χ4n) is 5.76. The van der Waals surface area contributed by atoms with Gasteiger partial charge >= 0.3 is 0 Å². The number of carboxylic acids is 2. The van der Waals surface area contributed by atoms with Crippen molar-refractivity contribution in [2.24, 2.45) is 0 Å². The predicted molar refractivity (Wildman–Crippen MR) is 173 cm³/mol. The summed E-state index contributed by atoms with van der Waals surface area (Å²) in [5.41, 5.74) is 1.58. The zero-order valence-electron chi connectivity index (χ0n) is 26.6. The van der Waals surface area contributed by atoms with Crippen LogP contribution in [-0.2, 0) is 19.2 Å². The molecule has 0 radical (unpaired) electrons. The highest BCUT2D eigenvalue weighted by Crippen LogP contribution is 2.35. The Balaban J connectivity index is 0.000000647. The number of carbonyl (C=O) groups is 6. The van der Waals surface area contributed by atoms with Crippen molar-refractivity contribution in [3.05, 3.63) is 58.7 Å². The summed E-state index contributed by atoms with van der Waals surface area (Å²) < 4.78 is 0. The van der Waals surface area contributed by atoms with Crippen LogP contribution in [0.5, 0.6) is 0 Å². The van der Waals surface area contributed by atoms with Gasteiger partial charge in [0.05, 0.1) is 22.5 Å². The molecule has 12 nitrogen and oxygen atoms in total. The van der Waals surface area contributed by atoms with Crippen LogP contribution in [0, 0.1) is 0 Å². The number of ketones is 2. The number of nitrogens with zero attached hydrogens (tertiary/aromatic N) is 2. The summed E-state index contributed by atoms with van der Waals surface area (Å²) in [4.78, 5) is 75.4. The van der Waals surface area contributed by atoms with E-state index in [1.54, 1.807) is 36.4 Å². The largest absolute Gasteiger partial charge is 0.481 e. The molecule has 248 valence electrons. The van der Waals surface area contributed by atoms with Gasteiger partial charge in [-0.1, -0.05) is 37.1 Å². The fourth-order valence-corrected chi connectivity index (χ4v) is 5.76. The van der Waals surface area contributed by atoms with E-state index in [0.717, 1.165) is 65.7 Å². The molecular weight excluding hydrogens is 592 g/mol. The number of likely N-dealkylation sites (tertiary alicyclic amines) is 2. The molecule has 2 amide bonds. The average Bonchev–Trinajstić information content (AvgIpc) is 3.02. The van der Waals surface area contributed by atoms with Crippen molar-refractivity contribution in [3.8, 4) is 0 Å². The van der Waals surface area contributed by atoms with E-state index in [1.807, 2.05) is 0 Å². The lowest BCUT2D eigenvalue weighted by Gasteiger charge is -2.26. The number of nitrogens with one attached hydrogen (secondary N) is 2. The first-order valence-electron chi connectivity index (χ1n) is 15.8. The quantitative estimate of drug-likeness (QED) is 0.280. The number of benzene rings is 2. The zero-order chi connectivity index (χ0) is 33.6. The van der Waals surface area contributed by atoms with Crippen LogP contribution in [0.25, 0.3) is 0 Å². The maximum atomic E-state index is 13.8. The van der Waals surface area contributed by atoms with Crippen LogP contribution in [0.4, 0.5) is 11.4 Å². The van der Waals surface area contributed by atoms with E-state index in [0.29, 0.717) is 37.3 Å². The number of carboxylic acid groups (broad SMARTS) is 2. The number of hydrogen-bond acceptors (Lipinski definition) is 8. The van der Waals surface area contributed by atoms with Gasteiger partial charge in [0.2, 0.25) is 11.8 Å². The first kappa shape index (κ1) is 36.1. The van der Waals surface area contributed by atoms with Crippen LogP contribution in [-0.4, -0.2) is 94.6 Å². The molecule has 2 aliphatic heterocycles. The van der Waals surface area contributed by atoms with E-state index in [-0.39, 0.29) is 45.6 Å². The van der Waals surface area contributed by atoms with Crippen molar-refractivity contribution < 1.29 is 39.0 Å². The summed E-state index contributed by atoms with van der Waals surface area (Å²) in [5, 5.41) is 20.6. The Morgan fingerprint density at radius 1 is 0.609 bits per heavy atom. The van der Waals surface area contributed by atoms with Crippen LogP contribution in [0.2, 0.25) is 0 Å². The number of amides is 2. The first-order valence-corrected chi connectivity index (χ1v) is 15.8. The summed E-state index contributed by atoms with van der Waals surface area (Å²) in [5.74, 6) is -2.69. The molecule has 0 spiro atoms. The minimum absolute atomic E-state index is 0.186. The Bertz CT molecular complexity index is 1320. The van der Waals surface area contributed by atoms with Crippen molar-refractivity contribution in [1.82, 2.24) is 9.80 Å². The normalized spacial score (nSPS) is 16.0. The molecule has 0 aromatic heterocycles. The van der Waals surface area contributed by atoms with E-state index in [1.165, 1.54) is 12.8 Å². The summed E-state index contributed by atoms with van der Waals surface area (Å²) in [6, 6.07) is 9.92. The maximum Gasteiger partial charge on any atom is 0.300 e. The third kappa shape index (κ3) is 10.9. The number of hydrogen-bond donors (Lipinski definition) is 4. The molecule has 4 N–H and O–H groups in total. The molecule has 1 aliphatic carbocycles. The lowest BCUT2D eigenvalue weighted by Crippen LogP contribution is -2.33. The lowest BCUT2D eigenvalue weighted by molar-refractivity contribution is -0.135. The Hall–Kier alpha value is -4.42. The van der Waals surface area contributed by atoms with Gasteiger partial charge in [-0.05, 0) is 64.0 Å². The number of aliphatic carboxylic acids is 2. The molecule has 2 saturated heterocycles. The molecule has 0 unspecified atom stereocenters. The van der Waals surface area contributed by atoms with Crippen LogP contribution < -0.4 is 10.6 Å². The van der Waals surface area contributed by atoms with E-state index < -0.39 is 11.9 Å². The monoisotopic (exact) mass is 636 g/mol. The van der Waals surface area contributed by atoms with E-state index in [9.17, 15) is 19.2 Å². The maximum absolute atomic E-state index is 13.8. The van der Waals surface area contributed by atoms with E-state index >= 15 is 0 Å². The van der Waals surface area contributed by atoms with Crippen molar-refractivity contribution in [2.45, 2.75) is 65.2 Å². The van der Waals surface area contributed by atoms with Crippen molar-refractivity contribution in [2.75, 3.05) is 49.9 Å². The highest BCUT2D eigenvalue weighted by atomic mass is 16.4. The number of carbonyl (C=O) groups excluding carboxylic acids is 4. The molecule has 0 bridgehead atoms. The molecule has 5 rings (SSSR count). The van der Waals surface area contributed by atoms with Gasteiger partial charge in [-0.3, -0.25) is 28.8 Å². The van der Waals surface area contributed by atoms with Crippen molar-refractivity contribution in [1.29, 1.82) is 0 Å². The van der Waals surface area contributed by atoms with Gasteiger partial charge in [0.25, 0.3) is 11.9 Å². The molecule has 12 heteroatoms. The molecule has 2 aromatic carbocycles. The molecule has 2 fully saturated rings. The molecule has 2 aromatic rings. The topological polar surface area (TPSA) is 173 Å². The van der Waals surface area contributed by atoms with Crippen LogP contribution in [0.1, 0.15) is 97.1 Å². The van der Waals surface area contributed by atoms with Gasteiger partial charge in [0.15, 0.2) is 11.6 Å². The first-order chi connectivity index (χ1) is 22.0. The molecule has 46 heavy (non-hydrogen) atoms. The average molecular weight is 637 g/mol. The Morgan fingerprint density at radius 3 is 1.30 bits per heavy atom. The summed E-state index contributed by atoms with van der Waals surface area (Å²) in [6.45, 7) is 7.53. The fraction of sp³-hybridized carbons (Fsp3) is 0.471. The van der Waals surface area contributed by atoms with Gasteiger partial charge in [-0.25, -0.2) is 0 Å². The minimum atomic E-state index is -0.833.